The van der Waals surface area contributed by atoms with E-state index in [4.69, 9.17) is 34.0 Å². The Labute approximate surface area is 359 Å². The van der Waals surface area contributed by atoms with Gasteiger partial charge < -0.3 is 38.5 Å². The van der Waals surface area contributed by atoms with E-state index in [9.17, 15) is 22.8 Å². The number of Topliss-reactive ketones (excluding diaryl/α,β-unsaturated/α-hetero) is 1. The van der Waals surface area contributed by atoms with Crippen LogP contribution in [0.5, 0.6) is 0 Å². The van der Waals surface area contributed by atoms with Crippen molar-refractivity contribution in [3.05, 3.63) is 89.0 Å². The fourth-order valence-electron chi connectivity index (χ4n) is 5.68. The normalized spacial score (nSPS) is 17.7. The number of hydrogen-bond donors (Lipinski definition) is 2. The van der Waals surface area contributed by atoms with Gasteiger partial charge in [0.25, 0.3) is 0 Å². The van der Waals surface area contributed by atoms with Gasteiger partial charge in [-0.2, -0.15) is 13.2 Å². The molecule has 2 aliphatic rings. The number of anilines is 1. The SMILES string of the molecule is CC(C)(C)c1cc(CC(=O)Cc2ccc(B3OC(C)(C)C(C)(C)O3)cc2)no1.CC(C)(c1cc(N)no1)C(F)(F)F.CC1(C)OB(c2ccc(CC(=O)O)cc2)OC1(C)C.[BH4-]. The zero-order valence-corrected chi connectivity index (χ0v) is 36.9. The Bertz CT molecular complexity index is 2060. The van der Waals surface area contributed by atoms with Crippen LogP contribution >= 0.6 is 0 Å². The summed E-state index contributed by atoms with van der Waals surface area (Å²) < 4.78 is 71.0. The van der Waals surface area contributed by atoms with E-state index >= 15 is 0 Å². The number of carboxylic acids is 1. The molecule has 3 N–H and O–H groups in total. The molecule has 2 aromatic heterocycles. The van der Waals surface area contributed by atoms with Crippen LogP contribution in [0, 0.1) is 0 Å². The third-order valence-electron chi connectivity index (χ3n) is 11.3. The molecule has 4 heterocycles. The lowest BCUT2D eigenvalue weighted by Crippen LogP contribution is -2.41. The van der Waals surface area contributed by atoms with Gasteiger partial charge in [-0.05, 0) is 91.3 Å². The Kier molecular flexibility index (Phi) is 15.5. The van der Waals surface area contributed by atoms with E-state index in [0.717, 1.165) is 47.7 Å². The first kappa shape index (κ1) is 51.0. The maximum atomic E-state index is 12.4. The molecule has 2 aliphatic heterocycles. The van der Waals surface area contributed by atoms with Crippen LogP contribution in [0.2, 0.25) is 0 Å². The number of carbonyl (C=O) groups excluding carboxylic acids is 1. The van der Waals surface area contributed by atoms with Gasteiger partial charge in [-0.3, -0.25) is 9.59 Å². The van der Waals surface area contributed by atoms with Crippen LogP contribution in [-0.4, -0.2) is 78.4 Å². The van der Waals surface area contributed by atoms with E-state index in [1.807, 2.05) is 97.9 Å². The number of aliphatic carboxylic acids is 1. The Morgan fingerprint density at radius 3 is 1.36 bits per heavy atom. The topological polar surface area (TPSA) is 169 Å². The van der Waals surface area contributed by atoms with Gasteiger partial charge in [-0.1, -0.05) is 88.0 Å². The van der Waals surface area contributed by atoms with Crippen LogP contribution in [-0.2, 0) is 58.3 Å². The van der Waals surface area contributed by atoms with Crippen molar-refractivity contribution in [1.82, 2.24) is 10.3 Å². The lowest BCUT2D eigenvalue weighted by atomic mass is 9.78. The van der Waals surface area contributed by atoms with Crippen molar-refractivity contribution < 1.29 is 55.5 Å². The highest BCUT2D eigenvalue weighted by atomic mass is 19.4. The van der Waals surface area contributed by atoms with Crippen molar-refractivity contribution in [3.63, 3.8) is 0 Å². The third kappa shape index (κ3) is 12.6. The largest absolute Gasteiger partial charge is 0.494 e. The van der Waals surface area contributed by atoms with E-state index < -0.39 is 24.7 Å². The van der Waals surface area contributed by atoms with E-state index in [-0.39, 0.29) is 73.6 Å². The molecule has 4 aromatic rings. The van der Waals surface area contributed by atoms with Gasteiger partial charge in [0.2, 0.25) is 0 Å². The zero-order valence-electron chi connectivity index (χ0n) is 36.9. The predicted octanol–water partition coefficient (Wildman–Crippen LogP) is 5.88. The van der Waals surface area contributed by atoms with Crippen LogP contribution in [0.3, 0.4) is 0 Å². The standard InChI is InChI=1S/C22H30BNO4.C14H19BO4.C7H9F3N2O.BH4/c1-20(2,3)19-14-17(24-26-19)13-18(25)12-15-8-10-16(11-9-15)23-27-21(4,5)22(6,7)28-23;1-13(2)14(3,4)19-15(18-13)11-7-5-10(6-8-11)9-12(16)17;1-6(2,7(8,9)10)4-3-5(11)12-13-4;/h8-11,14H,12-13H2,1-7H3;5-8H,9H2,1-4H3,(H,16,17);3H,1-2H3,(H2,11,12);1H4/q;;;-1. The molecule has 2 saturated heterocycles. The first-order valence-corrected chi connectivity index (χ1v) is 19.7. The second kappa shape index (κ2) is 18.5. The number of nitrogen functional groups attached to an aromatic ring is 1. The van der Waals surface area contributed by atoms with Gasteiger partial charge in [-0.15, -0.1) is 0 Å². The molecule has 18 heteroatoms. The molecule has 0 saturated carbocycles. The molecule has 0 unspecified atom stereocenters. The van der Waals surface area contributed by atoms with Gasteiger partial charge in [0.05, 0.1) is 40.9 Å². The van der Waals surface area contributed by atoms with Crippen molar-refractivity contribution in [2.75, 3.05) is 5.73 Å². The minimum Gasteiger partial charge on any atom is -0.481 e. The van der Waals surface area contributed by atoms with E-state index in [0.29, 0.717) is 12.1 Å². The Balaban J connectivity index is 0.000000261. The number of rotatable bonds is 9. The van der Waals surface area contributed by atoms with Crippen molar-refractivity contribution in [3.8, 4) is 0 Å². The van der Waals surface area contributed by atoms with Crippen molar-refractivity contribution in [2.45, 2.75) is 149 Å². The lowest BCUT2D eigenvalue weighted by molar-refractivity contribution is -0.185. The van der Waals surface area contributed by atoms with Gasteiger partial charge >= 0.3 is 26.4 Å². The van der Waals surface area contributed by atoms with Crippen LogP contribution in [0.25, 0.3) is 0 Å². The first-order chi connectivity index (χ1) is 27.3. The van der Waals surface area contributed by atoms with Crippen LogP contribution in [0.1, 0.15) is 118 Å². The summed E-state index contributed by atoms with van der Waals surface area (Å²) in [4.78, 5) is 23.1. The Morgan fingerprint density at radius 2 is 1.03 bits per heavy atom. The molecular weight excluding hydrogens is 792 g/mol. The highest BCUT2D eigenvalue weighted by molar-refractivity contribution is 6.62. The molecule has 61 heavy (non-hydrogen) atoms. The maximum Gasteiger partial charge on any atom is 0.494 e. The Hall–Kier alpha value is -4.38. The number of alkyl halides is 3. The summed E-state index contributed by atoms with van der Waals surface area (Å²) in [5, 5.41) is 16.0. The minimum absolute atomic E-state index is 0. The average Bonchev–Trinajstić information content (AvgIpc) is 3.86. The monoisotopic (exact) mass is 854 g/mol. The number of carbonyl (C=O) groups is 2. The molecule has 12 nitrogen and oxygen atoms in total. The number of nitrogens with zero attached hydrogens (tertiary/aromatic N) is 2. The number of ketones is 1. The summed E-state index contributed by atoms with van der Waals surface area (Å²) in [5.41, 5.74) is 5.80. The second-order valence-electron chi connectivity index (χ2n) is 18.8. The molecule has 2 aromatic carbocycles. The molecule has 0 aliphatic carbocycles. The smallest absolute Gasteiger partial charge is 0.481 e. The van der Waals surface area contributed by atoms with E-state index in [1.54, 1.807) is 12.1 Å². The molecule has 334 valence electrons. The minimum atomic E-state index is -4.38. The zero-order chi connectivity index (χ0) is 45.3. The summed E-state index contributed by atoms with van der Waals surface area (Å²) in [6, 6.07) is 18.1. The number of halogens is 3. The molecule has 2 fully saturated rings. The highest BCUT2D eigenvalue weighted by Gasteiger charge is 2.53. The number of aromatic nitrogens is 2. The molecule has 6 rings (SSSR count). The summed E-state index contributed by atoms with van der Waals surface area (Å²) in [6.07, 6.45) is -3.71. The van der Waals surface area contributed by atoms with Crippen molar-refractivity contribution in [2.24, 2.45) is 0 Å². The van der Waals surface area contributed by atoms with Crippen molar-refractivity contribution in [1.29, 1.82) is 0 Å². The first-order valence-electron chi connectivity index (χ1n) is 19.7. The van der Waals surface area contributed by atoms with Gasteiger partial charge in [0.1, 0.15) is 17.0 Å². The number of nitrogens with two attached hydrogens (primary N) is 1. The second-order valence-corrected chi connectivity index (χ2v) is 18.8. The predicted molar refractivity (Wildman–Crippen MR) is 235 cm³/mol. The van der Waals surface area contributed by atoms with Gasteiger partial charge in [-0.25, -0.2) is 0 Å². The van der Waals surface area contributed by atoms with E-state index in [2.05, 4.69) is 35.6 Å². The highest BCUT2D eigenvalue weighted by Crippen LogP contribution is 2.41. The number of carboxylic acid groups (broad SMARTS) is 1. The Morgan fingerprint density at radius 1 is 0.639 bits per heavy atom. The third-order valence-corrected chi connectivity index (χ3v) is 11.3. The molecule has 0 radical (unpaired) electrons. The van der Waals surface area contributed by atoms with Crippen LogP contribution in [0.15, 0.2) is 69.7 Å². The molecule has 0 amide bonds. The fraction of sp³-hybridized carbons (Fsp3) is 0.535. The fourth-order valence-corrected chi connectivity index (χ4v) is 5.68. The van der Waals surface area contributed by atoms with Crippen LogP contribution in [0.4, 0.5) is 19.0 Å². The number of hydrogen-bond acceptors (Lipinski definition) is 11. The van der Waals surface area contributed by atoms with Crippen molar-refractivity contribution >= 4 is 51.1 Å². The average molecular weight is 854 g/mol. The molecule has 0 bridgehead atoms. The molecular formula is C43H62B3F3N3O9-. The quantitative estimate of drug-likeness (QED) is 0.192. The molecule has 0 atom stereocenters. The molecule has 0 spiro atoms. The van der Waals surface area contributed by atoms with Gasteiger partial charge in [0.15, 0.2) is 11.6 Å². The van der Waals surface area contributed by atoms with Gasteiger partial charge in [0, 0.05) is 24.0 Å². The number of benzene rings is 2. The lowest BCUT2D eigenvalue weighted by Gasteiger charge is -2.32. The van der Waals surface area contributed by atoms with E-state index in [1.165, 1.54) is 0 Å². The summed E-state index contributed by atoms with van der Waals surface area (Å²) in [6.45, 7) is 24.4. The summed E-state index contributed by atoms with van der Waals surface area (Å²) in [7, 11) is -0.787. The maximum absolute atomic E-state index is 12.4. The van der Waals surface area contributed by atoms with Crippen LogP contribution < -0.4 is 16.7 Å². The summed E-state index contributed by atoms with van der Waals surface area (Å²) >= 11 is 0. The summed E-state index contributed by atoms with van der Waals surface area (Å²) in [5.74, 6) is -0.257.